The highest BCUT2D eigenvalue weighted by Crippen LogP contribution is 2.38. The lowest BCUT2D eigenvalue weighted by Crippen LogP contribution is -2.07. The average Bonchev–Trinajstić information content (AvgIpc) is 2.84. The Morgan fingerprint density at radius 3 is 2.09 bits per heavy atom. The monoisotopic (exact) mass is 468 g/mol. The molecule has 0 aliphatic carbocycles. The molecule has 2 aromatic heterocycles. The third-order valence-corrected chi connectivity index (χ3v) is 4.87. The maximum absolute atomic E-state index is 12.9. The number of rotatable bonds is 5. The molecule has 0 saturated heterocycles. The van der Waals surface area contributed by atoms with Gasteiger partial charge in [0.2, 0.25) is 0 Å². The quantitative estimate of drug-likeness (QED) is 0.338. The van der Waals surface area contributed by atoms with Crippen LogP contribution in [-0.2, 0) is 6.42 Å². The summed E-state index contributed by atoms with van der Waals surface area (Å²) < 4.78 is 27.6. The van der Waals surface area contributed by atoms with Crippen LogP contribution in [0, 0.1) is 6.92 Å². The average molecular weight is 469 g/mol. The lowest BCUT2D eigenvalue weighted by Gasteiger charge is -2.14. The number of methoxy groups -OCH3 is 3. The SMILES string of the molecule is CC.CC.COc1cc(OC)c2c(c1)cc(Cc1cc(=O)cc(OC)o1)c1c(=O)cc(C)oc12. The highest BCUT2D eigenvalue weighted by atomic mass is 16.6. The molecule has 0 radical (unpaired) electrons. The van der Waals surface area contributed by atoms with Gasteiger partial charge in [-0.15, -0.1) is 0 Å². The molecular weight excluding hydrogens is 436 g/mol. The van der Waals surface area contributed by atoms with Crippen LogP contribution < -0.4 is 25.1 Å². The van der Waals surface area contributed by atoms with Gasteiger partial charge in [0.15, 0.2) is 10.9 Å². The van der Waals surface area contributed by atoms with Gasteiger partial charge in [-0.2, -0.15) is 0 Å². The van der Waals surface area contributed by atoms with E-state index in [1.165, 1.54) is 25.3 Å². The molecule has 4 rings (SSSR count). The van der Waals surface area contributed by atoms with Crippen molar-refractivity contribution in [2.75, 3.05) is 21.3 Å². The summed E-state index contributed by atoms with van der Waals surface area (Å²) in [5.41, 5.74) is 0.633. The summed E-state index contributed by atoms with van der Waals surface area (Å²) >= 11 is 0. The van der Waals surface area contributed by atoms with Crippen molar-refractivity contribution in [2.45, 2.75) is 41.0 Å². The minimum absolute atomic E-state index is 0.105. The van der Waals surface area contributed by atoms with Gasteiger partial charge in [0.1, 0.15) is 28.6 Å². The molecule has 0 bridgehead atoms. The lowest BCUT2D eigenvalue weighted by molar-refractivity contribution is 0.286. The number of ether oxygens (including phenoxy) is 3. The van der Waals surface area contributed by atoms with Crippen LogP contribution in [0.5, 0.6) is 17.4 Å². The topological polar surface area (TPSA) is 88.1 Å². The van der Waals surface area contributed by atoms with Crippen molar-refractivity contribution in [2.24, 2.45) is 0 Å². The molecule has 7 heteroatoms. The minimum Gasteiger partial charge on any atom is -0.497 e. The van der Waals surface area contributed by atoms with Crippen LogP contribution >= 0.6 is 0 Å². The van der Waals surface area contributed by atoms with Crippen molar-refractivity contribution >= 4 is 21.7 Å². The number of benzene rings is 2. The van der Waals surface area contributed by atoms with Gasteiger partial charge in [-0.05, 0) is 30.0 Å². The Labute approximate surface area is 198 Å². The Bertz CT molecular complexity index is 1380. The molecule has 0 atom stereocenters. The van der Waals surface area contributed by atoms with Crippen molar-refractivity contribution in [3.05, 3.63) is 73.9 Å². The van der Waals surface area contributed by atoms with E-state index in [4.69, 9.17) is 23.0 Å². The Kier molecular flexibility index (Phi) is 9.30. The molecule has 0 unspecified atom stereocenters. The summed E-state index contributed by atoms with van der Waals surface area (Å²) in [7, 11) is 4.54. The molecule has 4 aromatic rings. The highest BCUT2D eigenvalue weighted by molar-refractivity contribution is 6.09. The van der Waals surface area contributed by atoms with Gasteiger partial charge >= 0.3 is 0 Å². The van der Waals surface area contributed by atoms with E-state index in [1.54, 1.807) is 27.2 Å². The van der Waals surface area contributed by atoms with E-state index in [-0.39, 0.29) is 23.2 Å². The zero-order valence-corrected chi connectivity index (χ0v) is 21.0. The molecule has 7 nitrogen and oxygen atoms in total. The largest absolute Gasteiger partial charge is 0.497 e. The zero-order valence-electron chi connectivity index (χ0n) is 21.0. The summed E-state index contributed by atoms with van der Waals surface area (Å²) in [6.45, 7) is 9.72. The van der Waals surface area contributed by atoms with E-state index < -0.39 is 0 Å². The second kappa shape index (κ2) is 11.9. The predicted octanol–water partition coefficient (Wildman–Crippen LogP) is 5.88. The summed E-state index contributed by atoms with van der Waals surface area (Å²) in [5.74, 6) is 2.09. The molecule has 0 spiro atoms. The van der Waals surface area contributed by atoms with E-state index >= 15 is 0 Å². The maximum atomic E-state index is 12.9. The van der Waals surface area contributed by atoms with Gasteiger partial charge in [0, 0.05) is 24.6 Å². The Hall–Kier alpha value is -3.74. The Morgan fingerprint density at radius 1 is 0.765 bits per heavy atom. The number of fused-ring (bicyclic) bond motifs is 3. The van der Waals surface area contributed by atoms with Crippen LogP contribution in [-0.4, -0.2) is 21.3 Å². The van der Waals surface area contributed by atoms with E-state index in [2.05, 4.69) is 0 Å². The summed E-state index contributed by atoms with van der Waals surface area (Å²) in [6.07, 6.45) is 0.201. The van der Waals surface area contributed by atoms with Crippen LogP contribution in [0.2, 0.25) is 0 Å². The molecule has 0 N–H and O–H groups in total. The molecule has 34 heavy (non-hydrogen) atoms. The first-order valence-corrected chi connectivity index (χ1v) is 11.2. The Balaban J connectivity index is 0.000000970. The van der Waals surface area contributed by atoms with E-state index in [0.717, 1.165) is 5.39 Å². The number of aryl methyl sites for hydroxylation is 1. The van der Waals surface area contributed by atoms with Crippen LogP contribution in [0.25, 0.3) is 21.7 Å². The maximum Gasteiger partial charge on any atom is 0.288 e. The van der Waals surface area contributed by atoms with Gasteiger partial charge in [0.25, 0.3) is 5.95 Å². The second-order valence-corrected chi connectivity index (χ2v) is 6.85. The van der Waals surface area contributed by atoms with Crippen molar-refractivity contribution in [1.29, 1.82) is 0 Å². The van der Waals surface area contributed by atoms with Crippen LogP contribution in [0.15, 0.2) is 54.8 Å². The van der Waals surface area contributed by atoms with Gasteiger partial charge in [-0.3, -0.25) is 9.59 Å². The van der Waals surface area contributed by atoms with Crippen molar-refractivity contribution in [3.8, 4) is 17.4 Å². The second-order valence-electron chi connectivity index (χ2n) is 6.85. The zero-order chi connectivity index (χ0) is 25.4. The van der Waals surface area contributed by atoms with E-state index in [0.29, 0.717) is 44.9 Å². The van der Waals surface area contributed by atoms with Crippen LogP contribution in [0.1, 0.15) is 44.8 Å². The Morgan fingerprint density at radius 2 is 1.47 bits per heavy atom. The molecular formula is C27H32O7. The van der Waals surface area contributed by atoms with Crippen LogP contribution in [0.4, 0.5) is 0 Å². The van der Waals surface area contributed by atoms with Crippen LogP contribution in [0.3, 0.4) is 0 Å². The highest BCUT2D eigenvalue weighted by Gasteiger charge is 2.18. The molecule has 0 amide bonds. The number of hydrogen-bond acceptors (Lipinski definition) is 7. The first-order chi connectivity index (χ1) is 16.4. The van der Waals surface area contributed by atoms with Gasteiger partial charge in [-0.1, -0.05) is 27.7 Å². The fourth-order valence-electron chi connectivity index (χ4n) is 3.62. The molecule has 0 aliphatic rings. The minimum atomic E-state index is -0.246. The standard InChI is InChI=1S/C23H20O7.2C2H6/c1-12-5-18(25)21-13(8-17-9-15(24)10-20(28-4)30-17)6-14-7-16(26-2)11-19(27-3)22(14)23(21)29-12;2*1-2/h5-7,9-11H,8H2,1-4H3;2*1-2H3. The molecule has 0 fully saturated rings. The molecule has 2 aromatic carbocycles. The third-order valence-electron chi connectivity index (χ3n) is 4.87. The van der Waals surface area contributed by atoms with Gasteiger partial charge in [0.05, 0.1) is 38.2 Å². The fourth-order valence-corrected chi connectivity index (χ4v) is 3.62. The number of hydrogen-bond donors (Lipinski definition) is 0. The van der Waals surface area contributed by atoms with Gasteiger partial charge < -0.3 is 23.0 Å². The fraction of sp³-hybridized carbons (Fsp3) is 0.333. The molecule has 0 aliphatic heterocycles. The molecule has 2 heterocycles. The third kappa shape index (κ3) is 5.42. The summed E-state index contributed by atoms with van der Waals surface area (Å²) in [4.78, 5) is 24.9. The van der Waals surface area contributed by atoms with Gasteiger partial charge in [-0.25, -0.2) is 0 Å². The van der Waals surface area contributed by atoms with Crippen molar-refractivity contribution in [1.82, 2.24) is 0 Å². The van der Waals surface area contributed by atoms with Crippen molar-refractivity contribution in [3.63, 3.8) is 0 Å². The predicted molar refractivity (Wildman–Crippen MR) is 135 cm³/mol. The van der Waals surface area contributed by atoms with E-state index in [9.17, 15) is 9.59 Å². The molecule has 0 saturated carbocycles. The smallest absolute Gasteiger partial charge is 0.288 e. The first kappa shape index (κ1) is 26.5. The van der Waals surface area contributed by atoms with Crippen molar-refractivity contribution < 1.29 is 23.0 Å². The first-order valence-electron chi connectivity index (χ1n) is 11.2. The summed E-state index contributed by atoms with van der Waals surface area (Å²) in [6, 6.07) is 9.51. The van der Waals surface area contributed by atoms with E-state index in [1.807, 2.05) is 39.8 Å². The normalized spacial score (nSPS) is 10.1. The molecule has 182 valence electrons. The lowest BCUT2D eigenvalue weighted by atomic mass is 9.97. The summed E-state index contributed by atoms with van der Waals surface area (Å²) in [5, 5.41) is 1.85.